The molecule has 1 aromatic rings. The van der Waals surface area contributed by atoms with E-state index < -0.39 is 0 Å². The van der Waals surface area contributed by atoms with Gasteiger partial charge in [-0.05, 0) is 35.1 Å². The molecule has 1 aromatic carbocycles. The Morgan fingerprint density at radius 3 is 2.68 bits per heavy atom. The molecule has 3 rings (SSSR count). The zero-order chi connectivity index (χ0) is 13.4. The van der Waals surface area contributed by atoms with Crippen LogP contribution in [0.3, 0.4) is 0 Å². The Balaban J connectivity index is 1.72. The normalized spacial score (nSPS) is 31.2. The van der Waals surface area contributed by atoms with Crippen molar-refractivity contribution in [3.05, 3.63) is 28.5 Å². The van der Waals surface area contributed by atoms with E-state index in [-0.39, 0.29) is 11.9 Å². The van der Waals surface area contributed by atoms with Gasteiger partial charge in [0, 0.05) is 31.0 Å². The van der Waals surface area contributed by atoms with Gasteiger partial charge in [0.15, 0.2) is 0 Å². The number of morpholine rings is 1. The average molecular weight is 330 g/mol. The van der Waals surface area contributed by atoms with E-state index in [0.717, 1.165) is 30.5 Å². The maximum absolute atomic E-state index is 13.3. The van der Waals surface area contributed by atoms with Crippen molar-refractivity contribution in [3.8, 4) is 5.75 Å². The number of rotatable bonds is 2. The molecule has 0 N–H and O–H groups in total. The maximum atomic E-state index is 13.3. The number of fused-ring (bicyclic) bond motifs is 2. The van der Waals surface area contributed by atoms with Gasteiger partial charge in [-0.3, -0.25) is 4.90 Å². The summed E-state index contributed by atoms with van der Waals surface area (Å²) in [7, 11) is 2.15. The van der Waals surface area contributed by atoms with Crippen molar-refractivity contribution in [2.24, 2.45) is 0 Å². The maximum Gasteiger partial charge on any atom is 0.136 e. The highest BCUT2D eigenvalue weighted by atomic mass is 79.9. The third-order valence-electron chi connectivity index (χ3n) is 4.03. The lowest BCUT2D eigenvalue weighted by Gasteiger charge is -2.46. The molecule has 0 aromatic heterocycles. The van der Waals surface area contributed by atoms with Crippen LogP contribution >= 0.6 is 15.9 Å². The molecule has 2 heterocycles. The third-order valence-corrected chi connectivity index (χ3v) is 4.68. The number of hydrogen-bond acceptors (Lipinski definition) is 3. The molecule has 2 bridgehead atoms. The summed E-state index contributed by atoms with van der Waals surface area (Å²) in [5.41, 5.74) is 0. The molecule has 0 saturated carbocycles. The van der Waals surface area contributed by atoms with Gasteiger partial charge < -0.3 is 9.47 Å². The molecule has 3 nitrogen and oxygen atoms in total. The van der Waals surface area contributed by atoms with Gasteiger partial charge in [-0.15, -0.1) is 0 Å². The zero-order valence-electron chi connectivity index (χ0n) is 10.8. The van der Waals surface area contributed by atoms with Crippen LogP contribution in [0.5, 0.6) is 5.75 Å². The van der Waals surface area contributed by atoms with E-state index in [0.29, 0.717) is 17.8 Å². The molecule has 19 heavy (non-hydrogen) atoms. The Morgan fingerprint density at radius 1 is 1.32 bits per heavy atom. The van der Waals surface area contributed by atoms with Crippen LogP contribution < -0.4 is 4.74 Å². The molecule has 0 aliphatic carbocycles. The second-order valence-electron chi connectivity index (χ2n) is 5.30. The quantitative estimate of drug-likeness (QED) is 0.832. The zero-order valence-corrected chi connectivity index (χ0v) is 12.4. The molecule has 2 aliphatic heterocycles. The Bertz CT molecular complexity index is 457. The predicted octanol–water partition coefficient (Wildman–Crippen LogP) is 2.83. The van der Waals surface area contributed by atoms with Gasteiger partial charge in [0.05, 0.1) is 17.7 Å². The number of nitrogens with zero attached hydrogens (tertiary/aromatic N) is 1. The molecule has 5 heteroatoms. The van der Waals surface area contributed by atoms with Gasteiger partial charge in [-0.1, -0.05) is 0 Å². The van der Waals surface area contributed by atoms with Crippen LogP contribution in [0.1, 0.15) is 12.8 Å². The van der Waals surface area contributed by atoms with E-state index in [2.05, 4.69) is 27.9 Å². The molecule has 1 unspecified atom stereocenters. The summed E-state index contributed by atoms with van der Waals surface area (Å²) >= 11 is 3.40. The first-order valence-corrected chi connectivity index (χ1v) is 7.34. The molecule has 2 aliphatic rings. The molecule has 0 amide bonds. The Kier molecular flexibility index (Phi) is 3.78. The number of ether oxygens (including phenoxy) is 2. The summed E-state index contributed by atoms with van der Waals surface area (Å²) in [5.74, 6) is 0.322. The lowest BCUT2D eigenvalue weighted by molar-refractivity contribution is -0.0880. The van der Waals surface area contributed by atoms with Gasteiger partial charge in [0.1, 0.15) is 17.7 Å². The van der Waals surface area contributed by atoms with Gasteiger partial charge in [-0.2, -0.15) is 0 Å². The molecule has 2 saturated heterocycles. The molecule has 0 radical (unpaired) electrons. The highest BCUT2D eigenvalue weighted by Crippen LogP contribution is 2.32. The van der Waals surface area contributed by atoms with Crippen LogP contribution in [0, 0.1) is 5.82 Å². The van der Waals surface area contributed by atoms with Crippen molar-refractivity contribution in [2.75, 3.05) is 20.3 Å². The summed E-state index contributed by atoms with van der Waals surface area (Å²) in [6, 6.07) is 5.36. The van der Waals surface area contributed by atoms with Gasteiger partial charge in [0.25, 0.3) is 0 Å². The number of halogens is 2. The van der Waals surface area contributed by atoms with E-state index in [4.69, 9.17) is 9.47 Å². The van der Waals surface area contributed by atoms with Crippen LogP contribution in [-0.2, 0) is 4.74 Å². The molecule has 2 fully saturated rings. The summed E-state index contributed by atoms with van der Waals surface area (Å²) in [6.45, 7) is 1.52. The highest BCUT2D eigenvalue weighted by molar-refractivity contribution is 9.10. The standard InChI is InChI=1S/C14H17BrFNO2/c1-17-10-5-12(6-11(17)8-18-7-10)19-14-4-9(16)2-3-13(14)15/h2-4,10-12H,5-8H2,1H3/t10-,11+,12?. The first kappa shape index (κ1) is 13.3. The lowest BCUT2D eigenvalue weighted by Crippen LogP contribution is -2.57. The Hall–Kier alpha value is -0.650. The number of hydrogen-bond donors (Lipinski definition) is 0. The van der Waals surface area contributed by atoms with Crippen LogP contribution in [0.4, 0.5) is 4.39 Å². The summed E-state index contributed by atoms with van der Waals surface area (Å²) in [5, 5.41) is 0. The highest BCUT2D eigenvalue weighted by Gasteiger charge is 2.37. The second kappa shape index (κ2) is 5.38. The van der Waals surface area contributed by atoms with Crippen molar-refractivity contribution >= 4 is 15.9 Å². The SMILES string of the molecule is CN1[C@@H]2COC[C@H]1CC(Oc1cc(F)ccc1Br)C2. The van der Waals surface area contributed by atoms with E-state index in [1.54, 1.807) is 6.07 Å². The molecular formula is C14H17BrFNO2. The number of likely N-dealkylation sites (N-methyl/N-ethyl adjacent to an activating group) is 1. The van der Waals surface area contributed by atoms with Crippen LogP contribution in [0.25, 0.3) is 0 Å². The van der Waals surface area contributed by atoms with Crippen molar-refractivity contribution in [1.82, 2.24) is 4.90 Å². The van der Waals surface area contributed by atoms with Crippen molar-refractivity contribution < 1.29 is 13.9 Å². The van der Waals surface area contributed by atoms with Gasteiger partial charge in [0.2, 0.25) is 0 Å². The van der Waals surface area contributed by atoms with Crippen molar-refractivity contribution in [2.45, 2.75) is 31.0 Å². The molecular weight excluding hydrogens is 313 g/mol. The van der Waals surface area contributed by atoms with Gasteiger partial charge >= 0.3 is 0 Å². The fraction of sp³-hybridized carbons (Fsp3) is 0.571. The first-order valence-electron chi connectivity index (χ1n) is 6.55. The van der Waals surface area contributed by atoms with E-state index in [1.165, 1.54) is 12.1 Å². The molecule has 0 spiro atoms. The monoisotopic (exact) mass is 329 g/mol. The fourth-order valence-corrected chi connectivity index (χ4v) is 3.23. The number of piperidine rings is 1. The summed E-state index contributed by atoms with van der Waals surface area (Å²) in [6.07, 6.45) is 1.99. The molecule has 104 valence electrons. The number of benzene rings is 1. The van der Waals surface area contributed by atoms with Gasteiger partial charge in [-0.25, -0.2) is 4.39 Å². The minimum absolute atomic E-state index is 0.133. The minimum atomic E-state index is -0.269. The Labute approximate surface area is 120 Å². The summed E-state index contributed by atoms with van der Waals surface area (Å²) in [4.78, 5) is 2.38. The fourth-order valence-electron chi connectivity index (χ4n) is 2.89. The summed E-state index contributed by atoms with van der Waals surface area (Å²) < 4.78 is 25.6. The molecule has 3 atom stereocenters. The van der Waals surface area contributed by atoms with Crippen molar-refractivity contribution in [3.63, 3.8) is 0 Å². The smallest absolute Gasteiger partial charge is 0.136 e. The third kappa shape index (κ3) is 2.78. The minimum Gasteiger partial charge on any atom is -0.489 e. The van der Waals surface area contributed by atoms with Crippen LogP contribution in [0.2, 0.25) is 0 Å². The van der Waals surface area contributed by atoms with E-state index in [9.17, 15) is 4.39 Å². The van der Waals surface area contributed by atoms with Crippen molar-refractivity contribution in [1.29, 1.82) is 0 Å². The Morgan fingerprint density at radius 2 is 2.00 bits per heavy atom. The largest absolute Gasteiger partial charge is 0.489 e. The van der Waals surface area contributed by atoms with E-state index >= 15 is 0 Å². The second-order valence-corrected chi connectivity index (χ2v) is 6.15. The average Bonchev–Trinajstić information content (AvgIpc) is 2.35. The van der Waals surface area contributed by atoms with E-state index in [1.807, 2.05) is 0 Å². The van der Waals surface area contributed by atoms with Crippen LogP contribution in [0.15, 0.2) is 22.7 Å². The first-order chi connectivity index (χ1) is 9.13. The van der Waals surface area contributed by atoms with Crippen LogP contribution in [-0.4, -0.2) is 43.3 Å². The lowest BCUT2D eigenvalue weighted by atomic mass is 9.92. The topological polar surface area (TPSA) is 21.7 Å². The predicted molar refractivity (Wildman–Crippen MR) is 73.9 cm³/mol.